The van der Waals surface area contributed by atoms with Crippen LogP contribution in [0.1, 0.15) is 5.69 Å². The maximum Gasteiger partial charge on any atom is 0.128 e. The van der Waals surface area contributed by atoms with Crippen LogP contribution in [-0.2, 0) is 6.54 Å². The summed E-state index contributed by atoms with van der Waals surface area (Å²) >= 11 is 0. The smallest absolute Gasteiger partial charge is 0.128 e. The second-order valence-electron chi connectivity index (χ2n) is 4.72. The Morgan fingerprint density at radius 2 is 2.19 bits per heavy atom. The molecule has 1 saturated heterocycles. The molecule has 0 spiro atoms. The quantitative estimate of drug-likeness (QED) is 0.804. The van der Waals surface area contributed by atoms with Gasteiger partial charge in [-0.25, -0.2) is 4.98 Å². The minimum absolute atomic E-state index is 0.517. The van der Waals surface area contributed by atoms with Crippen LogP contribution in [0, 0.1) is 5.92 Å². The largest absolute Gasteiger partial charge is 0.356 e. The molecule has 1 fully saturated rings. The van der Waals surface area contributed by atoms with Gasteiger partial charge in [0.15, 0.2) is 0 Å². The van der Waals surface area contributed by atoms with Crippen molar-refractivity contribution < 1.29 is 0 Å². The Hall–Kier alpha value is -1.13. The van der Waals surface area contributed by atoms with E-state index < -0.39 is 0 Å². The first-order valence-electron chi connectivity index (χ1n) is 5.74. The highest BCUT2D eigenvalue weighted by molar-refractivity contribution is 5.42. The predicted molar refractivity (Wildman–Crippen MR) is 66.4 cm³/mol. The number of pyridine rings is 1. The number of rotatable bonds is 4. The molecule has 4 nitrogen and oxygen atoms in total. The lowest BCUT2D eigenvalue weighted by molar-refractivity contribution is 0.282. The SMILES string of the molecule is CN(C)CC1CN(c2cccc(CN)n2)C1. The summed E-state index contributed by atoms with van der Waals surface area (Å²) in [5.41, 5.74) is 6.55. The first-order chi connectivity index (χ1) is 7.69. The van der Waals surface area contributed by atoms with Crippen molar-refractivity contribution in [2.75, 3.05) is 38.6 Å². The Morgan fingerprint density at radius 1 is 1.44 bits per heavy atom. The van der Waals surface area contributed by atoms with Gasteiger partial charge in [-0.1, -0.05) is 6.07 Å². The topological polar surface area (TPSA) is 45.4 Å². The molecule has 2 N–H and O–H groups in total. The Labute approximate surface area is 97.1 Å². The molecule has 16 heavy (non-hydrogen) atoms. The highest BCUT2D eigenvalue weighted by atomic mass is 15.3. The lowest BCUT2D eigenvalue weighted by Crippen LogP contribution is -2.51. The van der Waals surface area contributed by atoms with E-state index in [4.69, 9.17) is 5.73 Å². The van der Waals surface area contributed by atoms with Crippen molar-refractivity contribution in [3.63, 3.8) is 0 Å². The second kappa shape index (κ2) is 4.80. The molecule has 0 bridgehead atoms. The lowest BCUT2D eigenvalue weighted by atomic mass is 10.00. The zero-order valence-corrected chi connectivity index (χ0v) is 10.1. The van der Waals surface area contributed by atoms with Crippen molar-refractivity contribution >= 4 is 5.82 Å². The van der Waals surface area contributed by atoms with Gasteiger partial charge in [0.2, 0.25) is 0 Å². The van der Waals surface area contributed by atoms with Gasteiger partial charge >= 0.3 is 0 Å². The van der Waals surface area contributed by atoms with Gasteiger partial charge in [-0.2, -0.15) is 0 Å². The van der Waals surface area contributed by atoms with E-state index in [1.807, 2.05) is 12.1 Å². The zero-order valence-electron chi connectivity index (χ0n) is 10.1. The van der Waals surface area contributed by atoms with Crippen LogP contribution in [0.2, 0.25) is 0 Å². The molecule has 0 amide bonds. The summed E-state index contributed by atoms with van der Waals surface area (Å²) in [6.07, 6.45) is 0. The van der Waals surface area contributed by atoms with Gasteiger partial charge in [-0.15, -0.1) is 0 Å². The van der Waals surface area contributed by atoms with E-state index in [0.717, 1.165) is 37.1 Å². The number of nitrogens with two attached hydrogens (primary N) is 1. The molecule has 1 aliphatic rings. The van der Waals surface area contributed by atoms with Crippen LogP contribution < -0.4 is 10.6 Å². The normalized spacial score (nSPS) is 16.6. The van der Waals surface area contributed by atoms with Crippen LogP contribution >= 0.6 is 0 Å². The van der Waals surface area contributed by atoms with Crippen LogP contribution in [0.25, 0.3) is 0 Å². The van der Waals surface area contributed by atoms with E-state index in [-0.39, 0.29) is 0 Å². The highest BCUT2D eigenvalue weighted by Gasteiger charge is 2.27. The van der Waals surface area contributed by atoms with Crippen molar-refractivity contribution in [1.82, 2.24) is 9.88 Å². The molecule has 0 aromatic carbocycles. The number of aromatic nitrogens is 1. The van der Waals surface area contributed by atoms with Crippen molar-refractivity contribution in [3.8, 4) is 0 Å². The average Bonchev–Trinajstić information content (AvgIpc) is 2.22. The third-order valence-corrected chi connectivity index (χ3v) is 2.91. The standard InChI is InChI=1S/C12H20N4/c1-15(2)7-10-8-16(9-10)12-5-3-4-11(6-13)14-12/h3-5,10H,6-9,13H2,1-2H3. The molecule has 2 heterocycles. The molecule has 88 valence electrons. The number of anilines is 1. The summed E-state index contributed by atoms with van der Waals surface area (Å²) in [6.45, 7) is 3.90. The van der Waals surface area contributed by atoms with Crippen molar-refractivity contribution in [2.24, 2.45) is 11.7 Å². The van der Waals surface area contributed by atoms with Gasteiger partial charge in [0.05, 0.1) is 5.69 Å². The van der Waals surface area contributed by atoms with Crippen molar-refractivity contribution in [3.05, 3.63) is 23.9 Å². The summed E-state index contributed by atoms with van der Waals surface area (Å²) < 4.78 is 0. The summed E-state index contributed by atoms with van der Waals surface area (Å²) in [5, 5.41) is 0. The number of hydrogen-bond acceptors (Lipinski definition) is 4. The Balaban J connectivity index is 1.91. The van der Waals surface area contributed by atoms with Gasteiger partial charge in [-0.05, 0) is 26.2 Å². The minimum Gasteiger partial charge on any atom is -0.356 e. The molecule has 1 aromatic heterocycles. The molecule has 0 saturated carbocycles. The molecule has 0 aliphatic carbocycles. The maximum atomic E-state index is 5.58. The van der Waals surface area contributed by atoms with Crippen molar-refractivity contribution in [2.45, 2.75) is 6.54 Å². The minimum atomic E-state index is 0.517. The summed E-state index contributed by atoms with van der Waals surface area (Å²) in [4.78, 5) is 9.07. The first-order valence-corrected chi connectivity index (χ1v) is 5.74. The summed E-state index contributed by atoms with van der Waals surface area (Å²) in [6, 6.07) is 6.06. The Kier molecular flexibility index (Phi) is 3.41. The summed E-state index contributed by atoms with van der Waals surface area (Å²) in [7, 11) is 4.24. The second-order valence-corrected chi connectivity index (χ2v) is 4.72. The van der Waals surface area contributed by atoms with Crippen LogP contribution in [0.5, 0.6) is 0 Å². The van der Waals surface area contributed by atoms with Gasteiger partial charge < -0.3 is 15.5 Å². The molecule has 0 unspecified atom stereocenters. The number of hydrogen-bond donors (Lipinski definition) is 1. The van der Waals surface area contributed by atoms with Crippen LogP contribution in [0.4, 0.5) is 5.82 Å². The Morgan fingerprint density at radius 3 is 2.81 bits per heavy atom. The maximum absolute atomic E-state index is 5.58. The van der Waals surface area contributed by atoms with Crippen molar-refractivity contribution in [1.29, 1.82) is 0 Å². The van der Waals surface area contributed by atoms with E-state index in [1.165, 1.54) is 0 Å². The molecular weight excluding hydrogens is 200 g/mol. The molecular formula is C12H20N4. The van der Waals surface area contributed by atoms with Gasteiger partial charge in [0.25, 0.3) is 0 Å². The fourth-order valence-electron chi connectivity index (χ4n) is 2.15. The van der Waals surface area contributed by atoms with E-state index in [9.17, 15) is 0 Å². The molecule has 4 heteroatoms. The first kappa shape index (κ1) is 11.4. The molecule has 2 rings (SSSR count). The monoisotopic (exact) mass is 220 g/mol. The van der Waals surface area contributed by atoms with Crippen LogP contribution in [0.3, 0.4) is 0 Å². The Bertz CT molecular complexity index is 345. The average molecular weight is 220 g/mol. The third kappa shape index (κ3) is 2.51. The fourth-order valence-corrected chi connectivity index (χ4v) is 2.15. The summed E-state index contributed by atoms with van der Waals surface area (Å²) in [5.74, 6) is 1.84. The number of nitrogens with zero attached hydrogens (tertiary/aromatic N) is 3. The van der Waals surface area contributed by atoms with Crippen LogP contribution in [-0.4, -0.2) is 43.6 Å². The van der Waals surface area contributed by atoms with Gasteiger partial charge in [0.1, 0.15) is 5.82 Å². The fraction of sp³-hybridized carbons (Fsp3) is 0.583. The molecule has 0 atom stereocenters. The van der Waals surface area contributed by atoms with Gasteiger partial charge in [-0.3, -0.25) is 0 Å². The van der Waals surface area contributed by atoms with E-state index >= 15 is 0 Å². The lowest BCUT2D eigenvalue weighted by Gasteiger charge is -2.41. The molecule has 0 radical (unpaired) electrons. The highest BCUT2D eigenvalue weighted by Crippen LogP contribution is 2.23. The third-order valence-electron chi connectivity index (χ3n) is 2.91. The molecule has 1 aliphatic heterocycles. The zero-order chi connectivity index (χ0) is 11.5. The van der Waals surface area contributed by atoms with E-state index in [0.29, 0.717) is 6.54 Å². The predicted octanol–water partition coefficient (Wildman–Crippen LogP) is 0.538. The van der Waals surface area contributed by atoms with Gasteiger partial charge in [0, 0.05) is 32.1 Å². The van der Waals surface area contributed by atoms with E-state index in [1.54, 1.807) is 0 Å². The van der Waals surface area contributed by atoms with E-state index in [2.05, 4.69) is 34.9 Å². The van der Waals surface area contributed by atoms with Crippen LogP contribution in [0.15, 0.2) is 18.2 Å². The molecule has 1 aromatic rings.